The van der Waals surface area contributed by atoms with E-state index in [2.05, 4.69) is 13.8 Å². The number of nitrogens with two attached hydrogens (primary N) is 1. The molecule has 3 aromatic rings. The minimum absolute atomic E-state index is 0.228. The Bertz CT molecular complexity index is 1060. The molecule has 2 aromatic heterocycles. The van der Waals surface area contributed by atoms with E-state index in [0.717, 1.165) is 35.6 Å². The molecule has 1 aromatic carbocycles. The SMILES string of the molecule is CC(C)(C[AsH2])[AsH]c1nc(-c2ccc(Cl)c(Cl)c2)c2c([AsH2])c(C(N)=O)sc2n1. The quantitative estimate of drug-likeness (QED) is 0.445. The van der Waals surface area contributed by atoms with Crippen LogP contribution in [0.2, 0.25) is 19.5 Å². The number of carbonyl (C=O) groups is 1. The van der Waals surface area contributed by atoms with Crippen molar-refractivity contribution in [2.45, 2.75) is 23.3 Å². The zero-order valence-corrected chi connectivity index (χ0v) is 23.9. The molecule has 0 aliphatic rings. The summed E-state index contributed by atoms with van der Waals surface area (Å²) < 4.78 is 1.99. The third kappa shape index (κ3) is 4.60. The van der Waals surface area contributed by atoms with Gasteiger partial charge < -0.3 is 0 Å². The molecular weight excluding hydrogens is 590 g/mol. The van der Waals surface area contributed by atoms with Crippen LogP contribution in [0.5, 0.6) is 0 Å². The Morgan fingerprint density at radius 3 is 2.59 bits per heavy atom. The number of fused-ring (bicyclic) bond motifs is 1. The Hall–Kier alpha value is -0.0147. The molecule has 10 heteroatoms. The summed E-state index contributed by atoms with van der Waals surface area (Å²) in [7, 11) is 0. The summed E-state index contributed by atoms with van der Waals surface area (Å²) in [6.07, 6.45) is 0. The summed E-state index contributed by atoms with van der Waals surface area (Å²) in [4.78, 5) is 23.0. The molecular formula is C17H18As3Cl2N3OS. The molecule has 0 saturated carbocycles. The zero-order chi connectivity index (χ0) is 19.9. The van der Waals surface area contributed by atoms with E-state index in [-0.39, 0.29) is 4.20 Å². The number of rotatable bonds is 5. The van der Waals surface area contributed by atoms with Crippen LogP contribution in [0, 0.1) is 0 Å². The third-order valence-electron chi connectivity index (χ3n) is 3.97. The fourth-order valence-electron chi connectivity index (χ4n) is 2.47. The fraction of sp³-hybridized carbons (Fsp3) is 0.235. The average molecular weight is 608 g/mol. The molecule has 0 spiro atoms. The zero-order valence-electron chi connectivity index (χ0n) is 14.6. The van der Waals surface area contributed by atoms with Crippen molar-refractivity contribution >= 4 is 109 Å². The summed E-state index contributed by atoms with van der Waals surface area (Å²) in [6.45, 7) is 4.53. The number of hydrogen-bond acceptors (Lipinski definition) is 4. The Labute approximate surface area is 195 Å². The molecule has 0 aliphatic carbocycles. The van der Waals surface area contributed by atoms with Crippen LogP contribution in [-0.4, -0.2) is 65.3 Å². The van der Waals surface area contributed by atoms with Crippen molar-refractivity contribution in [3.05, 3.63) is 33.1 Å². The van der Waals surface area contributed by atoms with Gasteiger partial charge in [-0.05, 0) is 0 Å². The Kier molecular flexibility index (Phi) is 6.74. The van der Waals surface area contributed by atoms with E-state index in [1.54, 1.807) is 22.9 Å². The van der Waals surface area contributed by atoms with Gasteiger partial charge in [-0.15, -0.1) is 0 Å². The van der Waals surface area contributed by atoms with E-state index in [4.69, 9.17) is 38.9 Å². The van der Waals surface area contributed by atoms with Gasteiger partial charge in [-0.25, -0.2) is 0 Å². The number of benzene rings is 1. The average Bonchev–Trinajstić information content (AvgIpc) is 2.93. The monoisotopic (exact) mass is 607 g/mol. The number of hydrogen-bond donors (Lipinski definition) is 1. The van der Waals surface area contributed by atoms with Gasteiger partial charge in [0.2, 0.25) is 0 Å². The fourth-order valence-corrected chi connectivity index (χ4v) is 8.64. The second kappa shape index (κ2) is 8.38. The molecule has 2 heterocycles. The summed E-state index contributed by atoms with van der Waals surface area (Å²) in [5.74, 6) is -0.424. The molecule has 4 nitrogen and oxygen atoms in total. The van der Waals surface area contributed by atoms with E-state index >= 15 is 0 Å². The number of aromatic nitrogens is 2. The van der Waals surface area contributed by atoms with E-state index < -0.39 is 21.7 Å². The minimum atomic E-state index is -0.562. The van der Waals surface area contributed by atoms with Gasteiger partial charge >= 0.3 is 197 Å². The Morgan fingerprint density at radius 2 is 2.00 bits per heavy atom. The first-order valence-electron chi connectivity index (χ1n) is 7.96. The molecule has 3 atom stereocenters. The van der Waals surface area contributed by atoms with E-state index in [1.165, 1.54) is 28.2 Å². The first-order chi connectivity index (χ1) is 12.6. The van der Waals surface area contributed by atoms with Crippen LogP contribution >= 0.6 is 34.5 Å². The number of amides is 1. The van der Waals surface area contributed by atoms with Gasteiger partial charge in [-0.1, -0.05) is 0 Å². The topological polar surface area (TPSA) is 68.9 Å². The second-order valence-electron chi connectivity index (χ2n) is 6.63. The van der Waals surface area contributed by atoms with Crippen LogP contribution < -0.4 is 14.7 Å². The van der Waals surface area contributed by atoms with Gasteiger partial charge in [0.15, 0.2) is 0 Å². The van der Waals surface area contributed by atoms with Crippen molar-refractivity contribution in [2.75, 3.05) is 0 Å². The molecule has 3 rings (SSSR count). The predicted octanol–water partition coefficient (Wildman–Crippen LogP) is 1.33. The van der Waals surface area contributed by atoms with E-state index in [9.17, 15) is 4.79 Å². The molecule has 0 fully saturated rings. The normalized spacial score (nSPS) is 12.4. The van der Waals surface area contributed by atoms with Crippen molar-refractivity contribution in [3.8, 4) is 11.3 Å². The molecule has 27 heavy (non-hydrogen) atoms. The van der Waals surface area contributed by atoms with Crippen molar-refractivity contribution in [3.63, 3.8) is 0 Å². The predicted molar refractivity (Wildman–Crippen MR) is 124 cm³/mol. The van der Waals surface area contributed by atoms with Gasteiger partial charge in [0, 0.05) is 0 Å². The van der Waals surface area contributed by atoms with Gasteiger partial charge in [-0.2, -0.15) is 0 Å². The maximum atomic E-state index is 11.9. The first-order valence-corrected chi connectivity index (χ1v) is 14.6. The number of primary amides is 1. The van der Waals surface area contributed by atoms with Crippen molar-refractivity contribution in [1.29, 1.82) is 0 Å². The molecule has 0 bridgehead atoms. The molecule has 0 radical (unpaired) electrons. The Morgan fingerprint density at radius 1 is 1.30 bits per heavy atom. The van der Waals surface area contributed by atoms with Crippen LogP contribution in [0.25, 0.3) is 21.5 Å². The molecule has 0 saturated heterocycles. The molecule has 0 aliphatic heterocycles. The van der Waals surface area contributed by atoms with Gasteiger partial charge in [0.25, 0.3) is 0 Å². The van der Waals surface area contributed by atoms with Crippen molar-refractivity contribution in [2.24, 2.45) is 5.73 Å². The van der Waals surface area contributed by atoms with Crippen LogP contribution in [0.1, 0.15) is 23.5 Å². The second-order valence-corrected chi connectivity index (χ2v) is 14.8. The molecule has 2 N–H and O–H groups in total. The molecule has 1 amide bonds. The first kappa shape index (κ1) is 21.7. The summed E-state index contributed by atoms with van der Waals surface area (Å²) in [5, 5.41) is 2.99. The third-order valence-corrected chi connectivity index (χ3v) is 14.2. The van der Waals surface area contributed by atoms with Crippen molar-refractivity contribution in [1.82, 2.24) is 9.97 Å². The molecule has 3 unspecified atom stereocenters. The van der Waals surface area contributed by atoms with Crippen LogP contribution in [0.15, 0.2) is 18.2 Å². The summed E-state index contributed by atoms with van der Waals surface area (Å²) in [6, 6.07) is 5.49. The van der Waals surface area contributed by atoms with E-state index in [1.807, 2.05) is 12.1 Å². The summed E-state index contributed by atoms with van der Waals surface area (Å²) in [5.41, 5.74) is 7.25. The molecule has 142 valence electrons. The summed E-state index contributed by atoms with van der Waals surface area (Å²) >= 11 is 16.2. The van der Waals surface area contributed by atoms with E-state index in [0.29, 0.717) is 14.9 Å². The number of halogens is 2. The standard InChI is InChI=1S/C17H18As3Cl2N3OS/c1-17(2,6-18)20-16-24-12(7-3-4-8(21)9(22)5-7)10-11(19)13(14(23)26)27-15(10)25-16/h3-5,20H,6,18-19H2,1-2H3,(H2,23,26). The van der Waals surface area contributed by atoms with Crippen LogP contribution in [-0.2, 0) is 0 Å². The van der Waals surface area contributed by atoms with Gasteiger partial charge in [0.05, 0.1) is 0 Å². The van der Waals surface area contributed by atoms with Crippen LogP contribution in [0.3, 0.4) is 0 Å². The van der Waals surface area contributed by atoms with Crippen LogP contribution in [0.4, 0.5) is 0 Å². The Balaban J connectivity index is 2.30. The van der Waals surface area contributed by atoms with Gasteiger partial charge in [0.1, 0.15) is 0 Å². The number of thiophene rings is 1. The maximum absolute atomic E-state index is 11.9. The number of nitrogens with zero attached hydrogens (tertiary/aromatic N) is 2. The van der Waals surface area contributed by atoms with Gasteiger partial charge in [-0.3, -0.25) is 0 Å². The van der Waals surface area contributed by atoms with Crippen molar-refractivity contribution < 1.29 is 4.79 Å². The number of carbonyl (C=O) groups excluding carboxylic acids is 1.